The largest absolute Gasteiger partial charge is 0.399 e. The molecule has 0 saturated heterocycles. The molecule has 1 rings (SSSR count). The van der Waals surface area contributed by atoms with Crippen molar-refractivity contribution in [3.63, 3.8) is 0 Å². The van der Waals surface area contributed by atoms with Crippen molar-refractivity contribution in [2.24, 2.45) is 5.73 Å². The topological polar surface area (TPSA) is 98.2 Å². The maximum atomic E-state index is 11.7. The Balaban J connectivity index is 2.62. The van der Waals surface area contributed by atoms with E-state index in [1.807, 2.05) is 0 Å². The summed E-state index contributed by atoms with van der Waals surface area (Å²) in [6, 6.07) is 6.34. The summed E-state index contributed by atoms with van der Waals surface area (Å²) in [7, 11) is 0. The fraction of sp³-hybridized carbons (Fsp3) is 0.273. The van der Waals surface area contributed by atoms with Gasteiger partial charge in [0.25, 0.3) is 5.91 Å². The van der Waals surface area contributed by atoms with Gasteiger partial charge in [-0.15, -0.1) is 0 Å². The van der Waals surface area contributed by atoms with Crippen LogP contribution in [0.4, 0.5) is 5.69 Å². The van der Waals surface area contributed by atoms with Crippen molar-refractivity contribution in [1.82, 2.24) is 5.32 Å². The first kappa shape index (κ1) is 12.0. The molecular weight excluding hydrogens is 206 g/mol. The summed E-state index contributed by atoms with van der Waals surface area (Å²) >= 11 is 0. The van der Waals surface area contributed by atoms with Gasteiger partial charge in [0.15, 0.2) is 0 Å². The van der Waals surface area contributed by atoms with Gasteiger partial charge in [-0.1, -0.05) is 6.07 Å². The van der Waals surface area contributed by atoms with E-state index in [1.165, 1.54) is 0 Å². The summed E-state index contributed by atoms with van der Waals surface area (Å²) in [5, 5.41) is 2.66. The minimum absolute atomic E-state index is 0.119. The molecular formula is C11H15N3O2. The fourth-order valence-corrected chi connectivity index (χ4v) is 1.34. The first-order valence-corrected chi connectivity index (χ1v) is 4.93. The molecule has 86 valence electrons. The van der Waals surface area contributed by atoms with Gasteiger partial charge in [-0.3, -0.25) is 9.59 Å². The average molecular weight is 221 g/mol. The second kappa shape index (κ2) is 5.16. The Morgan fingerprint density at radius 2 is 2.12 bits per heavy atom. The summed E-state index contributed by atoms with van der Waals surface area (Å²) in [5.74, 6) is -0.707. The Morgan fingerprint density at radius 1 is 1.44 bits per heavy atom. The van der Waals surface area contributed by atoms with Crippen LogP contribution in [0.2, 0.25) is 0 Å². The Morgan fingerprint density at radius 3 is 2.69 bits per heavy atom. The predicted molar refractivity (Wildman–Crippen MR) is 61.6 cm³/mol. The van der Waals surface area contributed by atoms with Crippen LogP contribution in [0.3, 0.4) is 0 Å². The molecule has 0 aliphatic heterocycles. The quantitative estimate of drug-likeness (QED) is 0.636. The third kappa shape index (κ3) is 3.61. The van der Waals surface area contributed by atoms with Gasteiger partial charge in [-0.05, 0) is 25.1 Å². The van der Waals surface area contributed by atoms with Gasteiger partial charge in [0.05, 0.1) is 0 Å². The first-order valence-electron chi connectivity index (χ1n) is 4.93. The Bertz CT molecular complexity index is 404. The van der Waals surface area contributed by atoms with Gasteiger partial charge in [-0.2, -0.15) is 0 Å². The highest BCUT2D eigenvalue weighted by Crippen LogP contribution is 2.06. The zero-order valence-electron chi connectivity index (χ0n) is 9.07. The van der Waals surface area contributed by atoms with Gasteiger partial charge in [0.1, 0.15) is 0 Å². The van der Waals surface area contributed by atoms with Crippen molar-refractivity contribution in [3.8, 4) is 0 Å². The first-order chi connectivity index (χ1) is 7.49. The van der Waals surface area contributed by atoms with Crippen LogP contribution >= 0.6 is 0 Å². The van der Waals surface area contributed by atoms with Crippen molar-refractivity contribution in [2.75, 3.05) is 5.73 Å². The number of hydrogen-bond acceptors (Lipinski definition) is 3. The molecule has 0 bridgehead atoms. The van der Waals surface area contributed by atoms with E-state index in [0.717, 1.165) is 0 Å². The van der Waals surface area contributed by atoms with E-state index in [0.29, 0.717) is 11.3 Å². The third-order valence-electron chi connectivity index (χ3n) is 2.03. The molecule has 1 unspecified atom stereocenters. The molecule has 1 aromatic rings. The van der Waals surface area contributed by atoms with E-state index in [1.54, 1.807) is 31.2 Å². The molecule has 0 radical (unpaired) electrons. The molecule has 0 saturated carbocycles. The molecule has 0 fully saturated rings. The number of rotatable bonds is 4. The number of nitrogens with two attached hydrogens (primary N) is 2. The number of amides is 2. The lowest BCUT2D eigenvalue weighted by Gasteiger charge is -2.12. The lowest BCUT2D eigenvalue weighted by molar-refractivity contribution is -0.118. The van der Waals surface area contributed by atoms with Crippen molar-refractivity contribution in [2.45, 2.75) is 19.4 Å². The highest BCUT2D eigenvalue weighted by molar-refractivity contribution is 5.95. The molecule has 1 atom stereocenters. The van der Waals surface area contributed by atoms with Crippen LogP contribution < -0.4 is 16.8 Å². The van der Waals surface area contributed by atoms with E-state index in [9.17, 15) is 9.59 Å². The number of anilines is 1. The number of nitrogens with one attached hydrogen (secondary N) is 1. The van der Waals surface area contributed by atoms with Crippen molar-refractivity contribution in [3.05, 3.63) is 29.8 Å². The average Bonchev–Trinajstić information content (AvgIpc) is 2.16. The summed E-state index contributed by atoms with van der Waals surface area (Å²) in [4.78, 5) is 22.3. The second-order valence-corrected chi connectivity index (χ2v) is 3.67. The molecule has 0 heterocycles. The van der Waals surface area contributed by atoms with Gasteiger partial charge in [0.2, 0.25) is 5.91 Å². The van der Waals surface area contributed by atoms with Crippen LogP contribution in [-0.2, 0) is 4.79 Å². The van der Waals surface area contributed by atoms with Gasteiger partial charge in [-0.25, -0.2) is 0 Å². The van der Waals surface area contributed by atoms with Crippen LogP contribution in [-0.4, -0.2) is 17.9 Å². The van der Waals surface area contributed by atoms with Crippen molar-refractivity contribution in [1.29, 1.82) is 0 Å². The van der Waals surface area contributed by atoms with Gasteiger partial charge >= 0.3 is 0 Å². The van der Waals surface area contributed by atoms with E-state index in [2.05, 4.69) is 5.32 Å². The van der Waals surface area contributed by atoms with Crippen molar-refractivity contribution >= 4 is 17.5 Å². The minimum atomic E-state index is -0.444. The number of hydrogen-bond donors (Lipinski definition) is 3. The number of nitrogen functional groups attached to an aromatic ring is 1. The summed E-state index contributed by atoms with van der Waals surface area (Å²) in [6.07, 6.45) is 0.119. The molecule has 0 aliphatic rings. The molecule has 0 spiro atoms. The number of carbonyl (C=O) groups excluding carboxylic acids is 2. The Hall–Kier alpha value is -2.04. The predicted octanol–water partition coefficient (Wildman–Crippen LogP) is 0.262. The van der Waals surface area contributed by atoms with E-state index in [4.69, 9.17) is 11.5 Å². The van der Waals surface area contributed by atoms with Crippen LogP contribution in [0.5, 0.6) is 0 Å². The lowest BCUT2D eigenvalue weighted by Crippen LogP contribution is -2.35. The summed E-state index contributed by atoms with van der Waals surface area (Å²) in [6.45, 7) is 1.72. The SMILES string of the molecule is CC(CC(N)=O)NC(=O)c1cccc(N)c1. The zero-order valence-corrected chi connectivity index (χ0v) is 9.07. The maximum Gasteiger partial charge on any atom is 0.251 e. The molecule has 0 aliphatic carbocycles. The highest BCUT2D eigenvalue weighted by Gasteiger charge is 2.11. The lowest BCUT2D eigenvalue weighted by atomic mass is 10.1. The molecule has 2 amide bonds. The Labute approximate surface area is 93.8 Å². The summed E-state index contributed by atoms with van der Waals surface area (Å²) < 4.78 is 0. The van der Waals surface area contributed by atoms with E-state index < -0.39 is 5.91 Å². The zero-order chi connectivity index (χ0) is 12.1. The molecule has 5 N–H and O–H groups in total. The van der Waals surface area contributed by atoms with Gasteiger partial charge in [0, 0.05) is 23.7 Å². The standard InChI is InChI=1S/C11H15N3O2/c1-7(5-10(13)15)14-11(16)8-3-2-4-9(12)6-8/h2-4,6-7H,5,12H2,1H3,(H2,13,15)(H,14,16). The van der Waals surface area contributed by atoms with Crippen LogP contribution in [0.1, 0.15) is 23.7 Å². The van der Waals surface area contributed by atoms with Crippen molar-refractivity contribution < 1.29 is 9.59 Å². The smallest absolute Gasteiger partial charge is 0.251 e. The third-order valence-corrected chi connectivity index (χ3v) is 2.03. The second-order valence-electron chi connectivity index (χ2n) is 3.67. The number of primary amides is 1. The number of carbonyl (C=O) groups is 2. The monoisotopic (exact) mass is 221 g/mol. The summed E-state index contributed by atoms with van der Waals surface area (Å²) in [5.41, 5.74) is 11.6. The van der Waals surface area contributed by atoms with E-state index >= 15 is 0 Å². The molecule has 1 aromatic carbocycles. The molecule has 5 heteroatoms. The molecule has 5 nitrogen and oxygen atoms in total. The molecule has 0 aromatic heterocycles. The van der Waals surface area contributed by atoms with E-state index in [-0.39, 0.29) is 18.4 Å². The highest BCUT2D eigenvalue weighted by atomic mass is 16.2. The normalized spacial score (nSPS) is 11.8. The van der Waals surface area contributed by atoms with Crippen LogP contribution in [0.15, 0.2) is 24.3 Å². The van der Waals surface area contributed by atoms with Crippen LogP contribution in [0.25, 0.3) is 0 Å². The van der Waals surface area contributed by atoms with Crippen LogP contribution in [0, 0.1) is 0 Å². The van der Waals surface area contributed by atoms with Gasteiger partial charge < -0.3 is 16.8 Å². The number of benzene rings is 1. The Kier molecular flexibility index (Phi) is 3.88. The molecule has 16 heavy (non-hydrogen) atoms. The minimum Gasteiger partial charge on any atom is -0.399 e. The fourth-order valence-electron chi connectivity index (χ4n) is 1.34. The maximum absolute atomic E-state index is 11.7.